The standard InChI is InChI=1S/C20H32O5/c1-2-3-6-9-15(21)12-13-17-16(18(22)14-19(17)23)10-7-4-5-8-11-20(24)25/h4,7,12-13,16-19,22-23H,2-3,5-6,8-11,14H2,1H3,(H,24,25)/t16-,17-,18+,19-/m1/s1. The van der Waals surface area contributed by atoms with Crippen LogP contribution in [-0.2, 0) is 9.59 Å². The summed E-state index contributed by atoms with van der Waals surface area (Å²) in [5.41, 5.74) is 0. The average molecular weight is 352 g/mol. The highest BCUT2D eigenvalue weighted by Crippen LogP contribution is 2.36. The van der Waals surface area contributed by atoms with Crippen LogP contribution in [0.25, 0.3) is 0 Å². The number of carbonyl (C=O) groups excluding carboxylic acids is 1. The fraction of sp³-hybridized carbons (Fsp3) is 0.700. The molecule has 0 aromatic rings. The number of aliphatic hydroxyl groups excluding tert-OH is 2. The van der Waals surface area contributed by atoms with Gasteiger partial charge < -0.3 is 15.3 Å². The molecule has 1 aliphatic carbocycles. The fourth-order valence-electron chi connectivity index (χ4n) is 3.30. The average Bonchev–Trinajstić information content (AvgIpc) is 2.82. The predicted molar refractivity (Wildman–Crippen MR) is 97.1 cm³/mol. The van der Waals surface area contributed by atoms with Crippen molar-refractivity contribution in [1.82, 2.24) is 0 Å². The summed E-state index contributed by atoms with van der Waals surface area (Å²) in [4.78, 5) is 22.3. The predicted octanol–water partition coefficient (Wildman–Crippen LogP) is 3.25. The molecule has 0 amide bonds. The van der Waals surface area contributed by atoms with Crippen LogP contribution in [0.5, 0.6) is 0 Å². The van der Waals surface area contributed by atoms with E-state index in [9.17, 15) is 19.8 Å². The number of aliphatic hydroxyl groups is 2. The number of hydrogen-bond acceptors (Lipinski definition) is 4. The maximum absolute atomic E-state index is 11.9. The Kier molecular flexibility index (Phi) is 10.3. The van der Waals surface area contributed by atoms with E-state index in [1.807, 2.05) is 12.2 Å². The lowest BCUT2D eigenvalue weighted by atomic mass is 9.89. The van der Waals surface area contributed by atoms with Crippen molar-refractivity contribution in [3.63, 3.8) is 0 Å². The van der Waals surface area contributed by atoms with Gasteiger partial charge in [-0.2, -0.15) is 0 Å². The number of hydrogen-bond donors (Lipinski definition) is 3. The first-order valence-electron chi connectivity index (χ1n) is 9.39. The van der Waals surface area contributed by atoms with E-state index in [2.05, 4.69) is 6.92 Å². The number of carboxylic acid groups (broad SMARTS) is 1. The first kappa shape index (κ1) is 21.6. The molecule has 1 rings (SSSR count). The van der Waals surface area contributed by atoms with E-state index < -0.39 is 18.2 Å². The van der Waals surface area contributed by atoms with Crippen LogP contribution in [0.1, 0.15) is 64.7 Å². The van der Waals surface area contributed by atoms with Gasteiger partial charge >= 0.3 is 5.97 Å². The number of allylic oxidation sites excluding steroid dienone is 3. The molecule has 1 saturated carbocycles. The zero-order chi connectivity index (χ0) is 18.7. The quantitative estimate of drug-likeness (QED) is 0.285. The lowest BCUT2D eigenvalue weighted by molar-refractivity contribution is -0.137. The highest BCUT2D eigenvalue weighted by atomic mass is 16.4. The number of carbonyl (C=O) groups is 2. The van der Waals surface area contributed by atoms with Gasteiger partial charge in [0.25, 0.3) is 0 Å². The van der Waals surface area contributed by atoms with Crippen LogP contribution in [-0.4, -0.2) is 39.3 Å². The van der Waals surface area contributed by atoms with Crippen molar-refractivity contribution in [3.8, 4) is 0 Å². The van der Waals surface area contributed by atoms with Crippen molar-refractivity contribution in [1.29, 1.82) is 0 Å². The third kappa shape index (κ3) is 8.45. The molecule has 0 heterocycles. The van der Waals surface area contributed by atoms with Gasteiger partial charge in [-0.1, -0.05) is 38.0 Å². The Balaban J connectivity index is 2.48. The molecule has 0 radical (unpaired) electrons. The topological polar surface area (TPSA) is 94.8 Å². The molecule has 4 atom stereocenters. The van der Waals surface area contributed by atoms with E-state index in [1.165, 1.54) is 0 Å². The lowest BCUT2D eigenvalue weighted by Gasteiger charge is -2.19. The van der Waals surface area contributed by atoms with Crippen molar-refractivity contribution in [2.45, 2.75) is 76.9 Å². The van der Waals surface area contributed by atoms with Gasteiger partial charge in [-0.15, -0.1) is 0 Å². The van der Waals surface area contributed by atoms with Crippen molar-refractivity contribution in [3.05, 3.63) is 24.3 Å². The van der Waals surface area contributed by atoms with Gasteiger partial charge in [0.1, 0.15) is 0 Å². The van der Waals surface area contributed by atoms with Crippen LogP contribution in [0.15, 0.2) is 24.3 Å². The van der Waals surface area contributed by atoms with E-state index >= 15 is 0 Å². The van der Waals surface area contributed by atoms with E-state index in [0.29, 0.717) is 32.1 Å². The van der Waals surface area contributed by atoms with E-state index in [-0.39, 0.29) is 24.0 Å². The maximum atomic E-state index is 11.9. The van der Waals surface area contributed by atoms with Crippen molar-refractivity contribution >= 4 is 11.8 Å². The number of aliphatic carboxylic acids is 1. The molecule has 5 nitrogen and oxygen atoms in total. The Morgan fingerprint density at radius 1 is 1.04 bits per heavy atom. The van der Waals surface area contributed by atoms with Crippen molar-refractivity contribution in [2.75, 3.05) is 0 Å². The molecule has 0 aliphatic heterocycles. The lowest BCUT2D eigenvalue weighted by Crippen LogP contribution is -2.20. The number of carboxylic acids is 1. The second kappa shape index (κ2) is 12.0. The van der Waals surface area contributed by atoms with Gasteiger partial charge in [0.2, 0.25) is 0 Å². The first-order valence-corrected chi connectivity index (χ1v) is 9.39. The number of ketones is 1. The third-order valence-corrected chi connectivity index (χ3v) is 4.78. The smallest absolute Gasteiger partial charge is 0.303 e. The Morgan fingerprint density at radius 2 is 1.80 bits per heavy atom. The summed E-state index contributed by atoms with van der Waals surface area (Å²) < 4.78 is 0. The highest BCUT2D eigenvalue weighted by Gasteiger charge is 2.39. The zero-order valence-corrected chi connectivity index (χ0v) is 15.1. The molecule has 5 heteroatoms. The molecular weight excluding hydrogens is 320 g/mol. The van der Waals surface area contributed by atoms with Crippen LogP contribution in [0.2, 0.25) is 0 Å². The minimum absolute atomic E-state index is 0.0741. The normalized spacial score (nSPS) is 26.7. The Morgan fingerprint density at radius 3 is 2.48 bits per heavy atom. The molecule has 0 aromatic carbocycles. The van der Waals surface area contributed by atoms with Crippen LogP contribution in [0.3, 0.4) is 0 Å². The summed E-state index contributed by atoms with van der Waals surface area (Å²) in [5, 5.41) is 28.9. The molecule has 0 aromatic heterocycles. The summed E-state index contributed by atoms with van der Waals surface area (Å²) in [7, 11) is 0. The fourth-order valence-corrected chi connectivity index (χ4v) is 3.30. The molecule has 0 saturated heterocycles. The molecule has 1 aliphatic rings. The van der Waals surface area contributed by atoms with Gasteiger partial charge in [-0.3, -0.25) is 9.59 Å². The minimum Gasteiger partial charge on any atom is -0.481 e. The summed E-state index contributed by atoms with van der Waals surface area (Å²) >= 11 is 0. The Bertz CT molecular complexity index is 469. The monoisotopic (exact) mass is 352 g/mol. The van der Waals surface area contributed by atoms with E-state index in [1.54, 1.807) is 12.2 Å². The maximum Gasteiger partial charge on any atom is 0.303 e. The minimum atomic E-state index is -0.795. The molecule has 142 valence electrons. The van der Waals surface area contributed by atoms with Gasteiger partial charge in [-0.25, -0.2) is 0 Å². The molecule has 0 spiro atoms. The second-order valence-corrected chi connectivity index (χ2v) is 6.89. The summed E-state index contributed by atoms with van der Waals surface area (Å²) in [6.45, 7) is 2.09. The van der Waals surface area contributed by atoms with E-state index in [4.69, 9.17) is 5.11 Å². The largest absolute Gasteiger partial charge is 0.481 e. The molecule has 0 unspecified atom stereocenters. The molecular formula is C20H32O5. The summed E-state index contributed by atoms with van der Waals surface area (Å²) in [6, 6.07) is 0. The van der Waals surface area contributed by atoms with Crippen LogP contribution < -0.4 is 0 Å². The number of unbranched alkanes of at least 4 members (excludes halogenated alkanes) is 3. The zero-order valence-electron chi connectivity index (χ0n) is 15.1. The summed E-state index contributed by atoms with van der Waals surface area (Å²) in [6.07, 6.45) is 11.9. The second-order valence-electron chi connectivity index (χ2n) is 6.89. The molecule has 1 fully saturated rings. The summed E-state index contributed by atoms with van der Waals surface area (Å²) in [5.74, 6) is -1.04. The Hall–Kier alpha value is -1.46. The van der Waals surface area contributed by atoms with Crippen molar-refractivity contribution < 1.29 is 24.9 Å². The van der Waals surface area contributed by atoms with Crippen molar-refractivity contribution in [2.24, 2.45) is 11.8 Å². The third-order valence-electron chi connectivity index (χ3n) is 4.78. The Labute approximate surface area is 150 Å². The number of rotatable bonds is 12. The van der Waals surface area contributed by atoms with Gasteiger partial charge in [-0.05, 0) is 37.7 Å². The SMILES string of the molecule is CCCCCC(=O)C=C[C@@H]1[C@@H](CC=CCCCC(=O)O)[C@@H](O)C[C@H]1O. The molecule has 0 bridgehead atoms. The highest BCUT2D eigenvalue weighted by molar-refractivity contribution is 5.89. The first-order chi connectivity index (χ1) is 12.0. The molecule has 25 heavy (non-hydrogen) atoms. The van der Waals surface area contributed by atoms with Crippen LogP contribution >= 0.6 is 0 Å². The van der Waals surface area contributed by atoms with Crippen LogP contribution in [0, 0.1) is 11.8 Å². The van der Waals surface area contributed by atoms with Crippen LogP contribution in [0.4, 0.5) is 0 Å². The molecule has 3 N–H and O–H groups in total. The van der Waals surface area contributed by atoms with Gasteiger partial charge in [0, 0.05) is 25.2 Å². The van der Waals surface area contributed by atoms with Gasteiger partial charge in [0.15, 0.2) is 5.78 Å². The van der Waals surface area contributed by atoms with Gasteiger partial charge in [0.05, 0.1) is 12.2 Å². The van der Waals surface area contributed by atoms with E-state index in [0.717, 1.165) is 19.3 Å².